The van der Waals surface area contributed by atoms with Crippen LogP contribution in [0.15, 0.2) is 30.5 Å². The number of hydrogen-bond acceptors (Lipinski definition) is 3. The fourth-order valence-electron chi connectivity index (χ4n) is 2.51. The molecule has 0 bridgehead atoms. The van der Waals surface area contributed by atoms with Gasteiger partial charge in [0.1, 0.15) is 5.82 Å². The predicted molar refractivity (Wildman–Crippen MR) is 72.9 cm³/mol. The Kier molecular flexibility index (Phi) is 3.02. The van der Waals surface area contributed by atoms with Gasteiger partial charge in [-0.2, -0.15) is 5.10 Å². The van der Waals surface area contributed by atoms with Crippen LogP contribution in [0.2, 0.25) is 0 Å². The number of likely N-dealkylation sites (tertiary alicyclic amines) is 1. The monoisotopic (exact) mass is 242 g/mol. The number of nitrogens with zero attached hydrogens (tertiary/aromatic N) is 2. The van der Waals surface area contributed by atoms with E-state index in [9.17, 15) is 0 Å². The molecule has 1 aliphatic heterocycles. The van der Waals surface area contributed by atoms with E-state index in [2.05, 4.69) is 39.4 Å². The Morgan fingerprint density at radius 3 is 2.50 bits per heavy atom. The van der Waals surface area contributed by atoms with Gasteiger partial charge in [-0.15, -0.1) is 0 Å². The minimum atomic E-state index is 0.627. The summed E-state index contributed by atoms with van der Waals surface area (Å²) in [5.74, 6) is 0.627. The highest BCUT2D eigenvalue weighted by Gasteiger charge is 2.11. The maximum absolute atomic E-state index is 5.82. The van der Waals surface area contributed by atoms with Gasteiger partial charge in [-0.1, -0.05) is 24.3 Å². The normalized spacial score (nSPS) is 16.2. The van der Waals surface area contributed by atoms with Crippen molar-refractivity contribution in [1.29, 1.82) is 0 Å². The van der Waals surface area contributed by atoms with Crippen LogP contribution in [-0.2, 0) is 6.54 Å². The van der Waals surface area contributed by atoms with Crippen LogP contribution in [0, 0.1) is 0 Å². The summed E-state index contributed by atoms with van der Waals surface area (Å²) in [6.07, 6.45) is 4.44. The quantitative estimate of drug-likeness (QED) is 0.868. The minimum absolute atomic E-state index is 0.627. The van der Waals surface area contributed by atoms with Crippen LogP contribution in [0.1, 0.15) is 18.4 Å². The molecule has 0 radical (unpaired) electrons. The van der Waals surface area contributed by atoms with Crippen LogP contribution >= 0.6 is 0 Å². The van der Waals surface area contributed by atoms with Gasteiger partial charge >= 0.3 is 0 Å². The van der Waals surface area contributed by atoms with Crippen molar-refractivity contribution in [3.8, 4) is 11.1 Å². The number of nitrogens with two attached hydrogens (primary N) is 1. The van der Waals surface area contributed by atoms with Crippen LogP contribution < -0.4 is 5.73 Å². The van der Waals surface area contributed by atoms with Gasteiger partial charge in [0.25, 0.3) is 0 Å². The second kappa shape index (κ2) is 4.82. The molecule has 0 unspecified atom stereocenters. The molecule has 0 atom stereocenters. The second-order valence-corrected chi connectivity index (χ2v) is 4.88. The van der Waals surface area contributed by atoms with Crippen molar-refractivity contribution < 1.29 is 0 Å². The molecule has 0 saturated carbocycles. The van der Waals surface area contributed by atoms with Crippen molar-refractivity contribution in [3.05, 3.63) is 36.0 Å². The molecule has 4 nitrogen and oxygen atoms in total. The third-order valence-electron chi connectivity index (χ3n) is 3.54. The predicted octanol–water partition coefficient (Wildman–Crippen LogP) is 2.25. The molecule has 4 heteroatoms. The summed E-state index contributed by atoms with van der Waals surface area (Å²) in [7, 11) is 0. The molecule has 1 aliphatic rings. The summed E-state index contributed by atoms with van der Waals surface area (Å²) in [4.78, 5) is 2.50. The highest BCUT2D eigenvalue weighted by Crippen LogP contribution is 2.24. The lowest BCUT2D eigenvalue weighted by atomic mass is 10.1. The summed E-state index contributed by atoms with van der Waals surface area (Å²) in [6, 6.07) is 8.60. The summed E-state index contributed by atoms with van der Waals surface area (Å²) in [6.45, 7) is 3.52. The number of benzene rings is 1. The number of anilines is 1. The number of nitrogens with one attached hydrogen (secondary N) is 1. The number of aromatic nitrogens is 2. The van der Waals surface area contributed by atoms with Crippen LogP contribution in [-0.4, -0.2) is 28.2 Å². The van der Waals surface area contributed by atoms with Crippen molar-refractivity contribution in [2.45, 2.75) is 19.4 Å². The van der Waals surface area contributed by atoms with E-state index >= 15 is 0 Å². The zero-order valence-corrected chi connectivity index (χ0v) is 10.4. The number of H-pyrrole nitrogens is 1. The van der Waals surface area contributed by atoms with Gasteiger partial charge in [-0.3, -0.25) is 10.00 Å². The van der Waals surface area contributed by atoms with Gasteiger partial charge in [0.05, 0.1) is 6.20 Å². The molecular weight excluding hydrogens is 224 g/mol. The molecule has 1 fully saturated rings. The molecule has 2 heterocycles. The summed E-state index contributed by atoms with van der Waals surface area (Å²) in [5, 5.41) is 6.71. The van der Waals surface area contributed by atoms with Gasteiger partial charge in [0.15, 0.2) is 0 Å². The lowest BCUT2D eigenvalue weighted by molar-refractivity contribution is 0.331. The van der Waals surface area contributed by atoms with Gasteiger partial charge < -0.3 is 5.73 Å². The van der Waals surface area contributed by atoms with Crippen LogP contribution in [0.5, 0.6) is 0 Å². The smallest absolute Gasteiger partial charge is 0.126 e. The molecule has 1 saturated heterocycles. The van der Waals surface area contributed by atoms with Crippen molar-refractivity contribution in [2.24, 2.45) is 0 Å². The maximum atomic E-state index is 5.82. The largest absolute Gasteiger partial charge is 0.384 e. The Labute approximate surface area is 107 Å². The second-order valence-electron chi connectivity index (χ2n) is 4.88. The van der Waals surface area contributed by atoms with Gasteiger partial charge in [-0.25, -0.2) is 0 Å². The van der Waals surface area contributed by atoms with Crippen LogP contribution in [0.25, 0.3) is 11.1 Å². The molecule has 18 heavy (non-hydrogen) atoms. The molecule has 2 aromatic rings. The zero-order valence-electron chi connectivity index (χ0n) is 10.4. The Hall–Kier alpha value is -1.81. The number of hydrogen-bond donors (Lipinski definition) is 2. The van der Waals surface area contributed by atoms with E-state index in [1.165, 1.54) is 31.5 Å². The number of rotatable bonds is 3. The number of aromatic amines is 1. The summed E-state index contributed by atoms with van der Waals surface area (Å²) in [5.41, 5.74) is 9.27. The molecule has 1 aromatic carbocycles. The Morgan fingerprint density at radius 2 is 1.89 bits per heavy atom. The van der Waals surface area contributed by atoms with Crippen molar-refractivity contribution in [1.82, 2.24) is 15.1 Å². The van der Waals surface area contributed by atoms with E-state index in [0.29, 0.717) is 5.82 Å². The van der Waals surface area contributed by atoms with E-state index < -0.39 is 0 Å². The fourth-order valence-corrected chi connectivity index (χ4v) is 2.51. The first kappa shape index (κ1) is 11.3. The maximum Gasteiger partial charge on any atom is 0.126 e. The molecule has 94 valence electrons. The van der Waals surface area contributed by atoms with Crippen molar-refractivity contribution in [3.63, 3.8) is 0 Å². The van der Waals surface area contributed by atoms with E-state index in [1.54, 1.807) is 6.20 Å². The molecular formula is C14H18N4. The fraction of sp³-hybridized carbons (Fsp3) is 0.357. The average Bonchev–Trinajstić information content (AvgIpc) is 3.02. The third kappa shape index (κ3) is 2.24. The SMILES string of the molecule is Nc1[nH]ncc1-c1ccc(CN2CCCC2)cc1. The first-order chi connectivity index (χ1) is 8.83. The first-order valence-corrected chi connectivity index (χ1v) is 6.43. The molecule has 1 aromatic heterocycles. The average molecular weight is 242 g/mol. The Bertz CT molecular complexity index is 509. The summed E-state index contributed by atoms with van der Waals surface area (Å²) < 4.78 is 0. The van der Waals surface area contributed by atoms with E-state index in [-0.39, 0.29) is 0 Å². The highest BCUT2D eigenvalue weighted by atomic mass is 15.1. The Morgan fingerprint density at radius 1 is 1.17 bits per heavy atom. The molecule has 0 amide bonds. The van der Waals surface area contributed by atoms with E-state index in [1.807, 2.05) is 0 Å². The highest BCUT2D eigenvalue weighted by molar-refractivity contribution is 5.72. The van der Waals surface area contributed by atoms with Crippen molar-refractivity contribution >= 4 is 5.82 Å². The van der Waals surface area contributed by atoms with Crippen molar-refractivity contribution in [2.75, 3.05) is 18.8 Å². The van der Waals surface area contributed by atoms with Gasteiger partial charge in [0.2, 0.25) is 0 Å². The van der Waals surface area contributed by atoms with Crippen LogP contribution in [0.3, 0.4) is 0 Å². The van der Waals surface area contributed by atoms with Crippen LogP contribution in [0.4, 0.5) is 5.82 Å². The first-order valence-electron chi connectivity index (χ1n) is 6.43. The number of nitrogen functional groups attached to an aromatic ring is 1. The molecule has 3 rings (SSSR count). The van der Waals surface area contributed by atoms with E-state index in [4.69, 9.17) is 5.73 Å². The summed E-state index contributed by atoms with van der Waals surface area (Å²) >= 11 is 0. The lowest BCUT2D eigenvalue weighted by Crippen LogP contribution is -2.18. The molecule has 0 aliphatic carbocycles. The van der Waals surface area contributed by atoms with E-state index in [0.717, 1.165) is 17.7 Å². The standard InChI is InChI=1S/C14H18N4/c15-14-13(9-16-17-14)12-5-3-11(4-6-12)10-18-7-1-2-8-18/h3-6,9H,1-2,7-8,10H2,(H3,15,16,17). The third-order valence-corrected chi connectivity index (χ3v) is 3.54. The zero-order chi connectivity index (χ0) is 12.4. The lowest BCUT2D eigenvalue weighted by Gasteiger charge is -2.14. The molecule has 3 N–H and O–H groups in total. The Balaban J connectivity index is 1.74. The van der Waals surface area contributed by atoms with Gasteiger partial charge in [0, 0.05) is 12.1 Å². The van der Waals surface area contributed by atoms with Gasteiger partial charge in [-0.05, 0) is 37.1 Å². The molecule has 0 spiro atoms. The topological polar surface area (TPSA) is 57.9 Å². The minimum Gasteiger partial charge on any atom is -0.384 e.